The smallest absolute Gasteiger partial charge is 0.257 e. The summed E-state index contributed by atoms with van der Waals surface area (Å²) in [6.45, 7) is 7.97. The lowest BCUT2D eigenvalue weighted by Gasteiger charge is -2.24. The van der Waals surface area contributed by atoms with Crippen molar-refractivity contribution in [2.24, 2.45) is 0 Å². The molecule has 2 aliphatic rings. The quantitative estimate of drug-likeness (QED) is 0.826. The number of aryl methyl sites for hydroxylation is 2. The summed E-state index contributed by atoms with van der Waals surface area (Å²) in [4.78, 5) is 29.1. The zero-order valence-corrected chi connectivity index (χ0v) is 15.2. The molecule has 138 valence electrons. The van der Waals surface area contributed by atoms with Crippen LogP contribution in [0.5, 0.6) is 0 Å². The summed E-state index contributed by atoms with van der Waals surface area (Å²) in [6.07, 6.45) is 5.12. The van der Waals surface area contributed by atoms with Crippen LogP contribution in [0.25, 0.3) is 0 Å². The standard InChI is InChI=1S/C18H28N4O3/c1-3-7-22-13-15(14(2)19-22)17(23)20-8-5-9-21(11-10-20)18(24)16-6-4-12-25-16/h13,16H,3-12H2,1-2H3/t16-/m0/s1. The number of nitrogens with zero attached hydrogens (tertiary/aromatic N) is 4. The molecule has 1 atom stereocenters. The third kappa shape index (κ3) is 4.03. The Bertz CT molecular complexity index is 622. The van der Waals surface area contributed by atoms with Gasteiger partial charge in [-0.1, -0.05) is 6.92 Å². The zero-order chi connectivity index (χ0) is 17.8. The van der Waals surface area contributed by atoms with E-state index in [9.17, 15) is 9.59 Å². The van der Waals surface area contributed by atoms with Crippen molar-refractivity contribution in [2.45, 2.75) is 52.2 Å². The Balaban J connectivity index is 1.62. The van der Waals surface area contributed by atoms with Gasteiger partial charge in [-0.2, -0.15) is 5.10 Å². The normalized spacial score (nSPS) is 21.4. The molecule has 7 nitrogen and oxygen atoms in total. The van der Waals surface area contributed by atoms with Gasteiger partial charge in [-0.25, -0.2) is 0 Å². The van der Waals surface area contributed by atoms with Gasteiger partial charge in [0.05, 0.1) is 11.3 Å². The molecule has 3 rings (SSSR count). The van der Waals surface area contributed by atoms with Gasteiger partial charge >= 0.3 is 0 Å². The lowest BCUT2D eigenvalue weighted by molar-refractivity contribution is -0.140. The van der Waals surface area contributed by atoms with Crippen LogP contribution in [0.2, 0.25) is 0 Å². The number of carbonyl (C=O) groups excluding carboxylic acids is 2. The Morgan fingerprint density at radius 2 is 1.96 bits per heavy atom. The van der Waals surface area contributed by atoms with Crippen LogP contribution in [-0.2, 0) is 16.1 Å². The molecule has 2 aliphatic heterocycles. The van der Waals surface area contributed by atoms with Gasteiger partial charge in [0.25, 0.3) is 11.8 Å². The van der Waals surface area contributed by atoms with Crippen LogP contribution in [0.3, 0.4) is 0 Å². The van der Waals surface area contributed by atoms with Crippen LogP contribution >= 0.6 is 0 Å². The maximum atomic E-state index is 12.9. The summed E-state index contributed by atoms with van der Waals surface area (Å²) in [7, 11) is 0. The number of rotatable bonds is 4. The van der Waals surface area contributed by atoms with Gasteiger partial charge in [-0.15, -0.1) is 0 Å². The van der Waals surface area contributed by atoms with Crippen molar-refractivity contribution >= 4 is 11.8 Å². The average molecular weight is 348 g/mol. The monoisotopic (exact) mass is 348 g/mol. The molecular weight excluding hydrogens is 320 g/mol. The number of amides is 2. The molecule has 1 aromatic rings. The Morgan fingerprint density at radius 1 is 1.20 bits per heavy atom. The fraction of sp³-hybridized carbons (Fsp3) is 0.722. The molecule has 0 aliphatic carbocycles. The third-order valence-electron chi connectivity index (χ3n) is 4.93. The van der Waals surface area contributed by atoms with E-state index in [0.717, 1.165) is 37.9 Å². The molecule has 2 fully saturated rings. The summed E-state index contributed by atoms with van der Waals surface area (Å²) in [5.74, 6) is 0.102. The van der Waals surface area contributed by atoms with Crippen LogP contribution in [0.1, 0.15) is 48.7 Å². The predicted octanol–water partition coefficient (Wildman–Crippen LogP) is 1.46. The van der Waals surface area contributed by atoms with E-state index in [2.05, 4.69) is 12.0 Å². The molecule has 3 heterocycles. The van der Waals surface area contributed by atoms with E-state index in [4.69, 9.17) is 4.74 Å². The van der Waals surface area contributed by atoms with E-state index in [1.165, 1.54) is 0 Å². The summed E-state index contributed by atoms with van der Waals surface area (Å²) in [5, 5.41) is 4.42. The van der Waals surface area contributed by atoms with Gasteiger partial charge in [0.15, 0.2) is 0 Å². The fourth-order valence-electron chi connectivity index (χ4n) is 3.56. The predicted molar refractivity (Wildman–Crippen MR) is 93.3 cm³/mol. The molecule has 0 radical (unpaired) electrons. The van der Waals surface area contributed by atoms with Crippen molar-refractivity contribution in [1.82, 2.24) is 19.6 Å². The Morgan fingerprint density at radius 3 is 2.68 bits per heavy atom. The van der Waals surface area contributed by atoms with Crippen molar-refractivity contribution in [3.63, 3.8) is 0 Å². The Kier molecular flexibility index (Phi) is 5.73. The molecule has 25 heavy (non-hydrogen) atoms. The van der Waals surface area contributed by atoms with E-state index in [1.807, 2.05) is 27.6 Å². The van der Waals surface area contributed by atoms with E-state index in [1.54, 1.807) is 0 Å². The lowest BCUT2D eigenvalue weighted by atomic mass is 10.2. The largest absolute Gasteiger partial charge is 0.368 e. The highest BCUT2D eigenvalue weighted by molar-refractivity contribution is 5.95. The number of aromatic nitrogens is 2. The molecule has 0 unspecified atom stereocenters. The minimum Gasteiger partial charge on any atom is -0.368 e. The van der Waals surface area contributed by atoms with Crippen molar-refractivity contribution in [3.05, 3.63) is 17.5 Å². The van der Waals surface area contributed by atoms with Crippen LogP contribution in [0.4, 0.5) is 0 Å². The number of hydrogen-bond donors (Lipinski definition) is 0. The SMILES string of the molecule is CCCn1cc(C(=O)N2CCCN(C(=O)[C@@H]3CCCO3)CC2)c(C)n1. The molecule has 2 saturated heterocycles. The van der Waals surface area contributed by atoms with E-state index in [0.29, 0.717) is 38.3 Å². The molecule has 1 aromatic heterocycles. The van der Waals surface area contributed by atoms with E-state index < -0.39 is 0 Å². The van der Waals surface area contributed by atoms with Crippen molar-refractivity contribution in [2.75, 3.05) is 32.8 Å². The molecule has 2 amide bonds. The number of ether oxygens (including phenoxy) is 1. The first kappa shape index (κ1) is 17.9. The van der Waals surface area contributed by atoms with Gasteiger partial charge in [0.1, 0.15) is 6.10 Å². The average Bonchev–Trinajstić information content (AvgIpc) is 3.18. The molecule has 0 spiro atoms. The van der Waals surface area contributed by atoms with Crippen molar-refractivity contribution in [1.29, 1.82) is 0 Å². The highest BCUT2D eigenvalue weighted by Gasteiger charge is 2.30. The first-order valence-corrected chi connectivity index (χ1v) is 9.34. The second-order valence-corrected chi connectivity index (χ2v) is 6.86. The van der Waals surface area contributed by atoms with E-state index >= 15 is 0 Å². The first-order chi connectivity index (χ1) is 12.1. The topological polar surface area (TPSA) is 67.7 Å². The summed E-state index contributed by atoms with van der Waals surface area (Å²) in [5.41, 5.74) is 1.45. The minimum atomic E-state index is -0.281. The summed E-state index contributed by atoms with van der Waals surface area (Å²) >= 11 is 0. The summed E-state index contributed by atoms with van der Waals surface area (Å²) < 4.78 is 7.35. The van der Waals surface area contributed by atoms with Crippen LogP contribution in [-0.4, -0.2) is 70.3 Å². The van der Waals surface area contributed by atoms with Gasteiger partial charge in [-0.3, -0.25) is 14.3 Å². The fourth-order valence-corrected chi connectivity index (χ4v) is 3.56. The van der Waals surface area contributed by atoms with Crippen molar-refractivity contribution in [3.8, 4) is 0 Å². The van der Waals surface area contributed by atoms with Crippen LogP contribution < -0.4 is 0 Å². The Labute approximate surface area is 148 Å². The number of carbonyl (C=O) groups is 2. The van der Waals surface area contributed by atoms with Crippen LogP contribution in [0.15, 0.2) is 6.20 Å². The molecule has 0 saturated carbocycles. The van der Waals surface area contributed by atoms with Crippen LogP contribution in [0, 0.1) is 6.92 Å². The Hall–Kier alpha value is -1.89. The molecular formula is C18H28N4O3. The highest BCUT2D eigenvalue weighted by atomic mass is 16.5. The molecule has 0 bridgehead atoms. The van der Waals surface area contributed by atoms with E-state index in [-0.39, 0.29) is 17.9 Å². The van der Waals surface area contributed by atoms with Gasteiger partial charge in [-0.05, 0) is 32.6 Å². The maximum Gasteiger partial charge on any atom is 0.257 e. The second-order valence-electron chi connectivity index (χ2n) is 6.86. The molecule has 0 N–H and O–H groups in total. The van der Waals surface area contributed by atoms with Gasteiger partial charge in [0.2, 0.25) is 0 Å². The van der Waals surface area contributed by atoms with Crippen molar-refractivity contribution < 1.29 is 14.3 Å². The van der Waals surface area contributed by atoms with Gasteiger partial charge < -0.3 is 14.5 Å². The number of hydrogen-bond acceptors (Lipinski definition) is 4. The summed E-state index contributed by atoms with van der Waals surface area (Å²) in [6, 6.07) is 0. The minimum absolute atomic E-state index is 0.0197. The lowest BCUT2D eigenvalue weighted by Crippen LogP contribution is -2.41. The third-order valence-corrected chi connectivity index (χ3v) is 4.93. The van der Waals surface area contributed by atoms with Gasteiger partial charge in [0, 0.05) is 45.5 Å². The molecule has 0 aromatic carbocycles. The second kappa shape index (κ2) is 7.99. The zero-order valence-electron chi connectivity index (χ0n) is 15.2. The maximum absolute atomic E-state index is 12.9. The molecule has 7 heteroatoms. The first-order valence-electron chi connectivity index (χ1n) is 9.34. The highest BCUT2D eigenvalue weighted by Crippen LogP contribution is 2.17.